The molecule has 0 aliphatic heterocycles. The zero-order valence-corrected chi connectivity index (χ0v) is 31.9. The third kappa shape index (κ3) is 7.77. The number of methoxy groups -OCH3 is 4. The van der Waals surface area contributed by atoms with Crippen molar-refractivity contribution < 1.29 is 28.2 Å². The molecule has 0 aliphatic carbocycles. The van der Waals surface area contributed by atoms with Gasteiger partial charge in [0, 0.05) is 18.3 Å². The molecule has 2 aromatic carbocycles. The predicted octanol–water partition coefficient (Wildman–Crippen LogP) is 8.82. The molecule has 1 amide bonds. The van der Waals surface area contributed by atoms with Crippen LogP contribution in [0.1, 0.15) is 74.5 Å². The van der Waals surface area contributed by atoms with Gasteiger partial charge in [0.1, 0.15) is 23.3 Å². The molecule has 4 rings (SSSR count). The second-order valence-electron chi connectivity index (χ2n) is 13.8. The van der Waals surface area contributed by atoms with Crippen molar-refractivity contribution in [2.45, 2.75) is 71.8 Å². The van der Waals surface area contributed by atoms with Crippen molar-refractivity contribution in [2.24, 2.45) is 5.92 Å². The molecule has 260 valence electrons. The summed E-state index contributed by atoms with van der Waals surface area (Å²) < 4.78 is 31.9. The van der Waals surface area contributed by atoms with E-state index in [2.05, 4.69) is 52.1 Å². The van der Waals surface area contributed by atoms with Gasteiger partial charge in [0.15, 0.2) is 19.8 Å². The number of hydrogen-bond donors (Lipinski definition) is 0. The number of pyridine rings is 1. The highest BCUT2D eigenvalue weighted by Gasteiger charge is 2.42. The first kappa shape index (κ1) is 37.1. The van der Waals surface area contributed by atoms with Gasteiger partial charge in [-0.1, -0.05) is 52.3 Å². The van der Waals surface area contributed by atoms with E-state index in [0.29, 0.717) is 46.7 Å². The van der Waals surface area contributed by atoms with Crippen LogP contribution in [0.3, 0.4) is 0 Å². The Morgan fingerprint density at radius 2 is 1.65 bits per heavy atom. The number of halogens is 1. The van der Waals surface area contributed by atoms with Crippen molar-refractivity contribution in [3.8, 4) is 23.0 Å². The SMILES string of the molecule is COc1ccc(OC)c(C(O[Si](C)(C)C(C)(C)C)c2c(CN(CCC(C)C)C(=O)c3ccc(OC)c(OC)c3Cl)nc3ccccn23)c1. The van der Waals surface area contributed by atoms with Crippen LogP contribution in [0.4, 0.5) is 0 Å². The van der Waals surface area contributed by atoms with Crippen LogP contribution in [0, 0.1) is 5.92 Å². The summed E-state index contributed by atoms with van der Waals surface area (Å²) in [6, 6.07) is 15.0. The minimum Gasteiger partial charge on any atom is -0.497 e. The first-order valence-corrected chi connectivity index (χ1v) is 19.5. The highest BCUT2D eigenvalue weighted by molar-refractivity contribution is 6.74. The van der Waals surface area contributed by atoms with Crippen molar-refractivity contribution in [3.05, 3.63) is 82.3 Å². The van der Waals surface area contributed by atoms with Crippen molar-refractivity contribution in [1.82, 2.24) is 14.3 Å². The van der Waals surface area contributed by atoms with E-state index in [4.69, 9.17) is 40.0 Å². The number of nitrogens with zero attached hydrogens (tertiary/aromatic N) is 3. The summed E-state index contributed by atoms with van der Waals surface area (Å²) in [5.41, 5.74) is 3.42. The van der Waals surface area contributed by atoms with E-state index in [9.17, 15) is 4.79 Å². The van der Waals surface area contributed by atoms with Gasteiger partial charge in [-0.25, -0.2) is 4.98 Å². The van der Waals surface area contributed by atoms with Crippen LogP contribution in [0.2, 0.25) is 23.2 Å². The number of imidazole rings is 1. The molecule has 0 saturated carbocycles. The third-order valence-electron chi connectivity index (χ3n) is 9.15. The zero-order chi connectivity index (χ0) is 35.4. The van der Waals surface area contributed by atoms with Gasteiger partial charge in [0.25, 0.3) is 5.91 Å². The molecule has 9 nitrogen and oxygen atoms in total. The summed E-state index contributed by atoms with van der Waals surface area (Å²) in [5, 5.41) is 0.105. The third-order valence-corrected chi connectivity index (χ3v) is 14.0. The van der Waals surface area contributed by atoms with Crippen molar-refractivity contribution in [3.63, 3.8) is 0 Å². The standard InChI is InChI=1S/C37H50ClN3O6Si/c1-24(2)19-21-40(36(42)26-16-18-30(45-8)35(46-9)32(26)38)23-28-33(41-20-13-12-14-31(41)39-28)34(47-48(10,11)37(3,4)5)27-22-25(43-6)15-17-29(27)44-7/h12-18,20,22,24,34H,19,21,23H2,1-11H3. The molecule has 0 saturated heterocycles. The predicted molar refractivity (Wildman–Crippen MR) is 194 cm³/mol. The van der Waals surface area contributed by atoms with Crippen molar-refractivity contribution >= 4 is 31.5 Å². The number of aromatic nitrogens is 2. The lowest BCUT2D eigenvalue weighted by atomic mass is 10.0. The Kier molecular flexibility index (Phi) is 11.8. The van der Waals surface area contributed by atoms with Gasteiger partial charge in [0.2, 0.25) is 0 Å². The van der Waals surface area contributed by atoms with Crippen molar-refractivity contribution in [2.75, 3.05) is 35.0 Å². The number of amides is 1. The monoisotopic (exact) mass is 695 g/mol. The maximum atomic E-state index is 14.4. The Bertz CT molecular complexity index is 1730. The Morgan fingerprint density at radius 1 is 0.958 bits per heavy atom. The zero-order valence-electron chi connectivity index (χ0n) is 30.1. The number of carbonyl (C=O) groups excluding carboxylic acids is 1. The Hall–Kier alpha value is -3.73. The molecule has 2 aromatic heterocycles. The van der Waals surface area contributed by atoms with E-state index in [1.165, 1.54) is 14.2 Å². The van der Waals surface area contributed by atoms with Crippen LogP contribution in [0.5, 0.6) is 23.0 Å². The second-order valence-corrected chi connectivity index (χ2v) is 18.9. The molecule has 0 N–H and O–H groups in total. The Balaban J connectivity index is 1.95. The average Bonchev–Trinajstić information content (AvgIpc) is 3.41. The number of benzene rings is 2. The molecule has 0 fully saturated rings. The largest absolute Gasteiger partial charge is 0.497 e. The van der Waals surface area contributed by atoms with E-state index < -0.39 is 14.4 Å². The Morgan fingerprint density at radius 3 is 2.25 bits per heavy atom. The number of fused-ring (bicyclic) bond motifs is 1. The lowest BCUT2D eigenvalue weighted by Gasteiger charge is -2.40. The maximum Gasteiger partial charge on any atom is 0.255 e. The van der Waals surface area contributed by atoms with Crippen LogP contribution < -0.4 is 18.9 Å². The van der Waals surface area contributed by atoms with Gasteiger partial charge in [-0.2, -0.15) is 0 Å². The first-order valence-electron chi connectivity index (χ1n) is 16.2. The van der Waals surface area contributed by atoms with Gasteiger partial charge in [-0.15, -0.1) is 0 Å². The summed E-state index contributed by atoms with van der Waals surface area (Å²) in [5.74, 6) is 2.24. The molecule has 2 heterocycles. The lowest BCUT2D eigenvalue weighted by Crippen LogP contribution is -2.42. The molecule has 0 bridgehead atoms. The molecule has 0 spiro atoms. The van der Waals surface area contributed by atoms with E-state index in [1.54, 1.807) is 26.4 Å². The summed E-state index contributed by atoms with van der Waals surface area (Å²) in [4.78, 5) is 21.4. The first-order chi connectivity index (χ1) is 22.7. The number of ether oxygens (including phenoxy) is 4. The minimum atomic E-state index is -2.41. The van der Waals surface area contributed by atoms with Gasteiger partial charge in [-0.3, -0.25) is 4.79 Å². The average molecular weight is 696 g/mol. The fourth-order valence-corrected chi connectivity index (χ4v) is 6.81. The summed E-state index contributed by atoms with van der Waals surface area (Å²) in [7, 11) is 3.93. The molecule has 4 aromatic rings. The molecule has 0 radical (unpaired) electrons. The molecule has 1 unspecified atom stereocenters. The molecule has 11 heteroatoms. The fraction of sp³-hybridized carbons (Fsp3) is 0.459. The number of rotatable bonds is 14. The minimum absolute atomic E-state index is 0.0958. The van der Waals surface area contributed by atoms with Gasteiger partial charge in [-0.05, 0) is 72.9 Å². The van der Waals surface area contributed by atoms with Gasteiger partial charge < -0.3 is 32.7 Å². The van der Waals surface area contributed by atoms with Crippen LogP contribution in [-0.4, -0.2) is 63.5 Å². The summed E-state index contributed by atoms with van der Waals surface area (Å²) in [6.07, 6.45) is 2.18. The van der Waals surface area contributed by atoms with E-state index in [0.717, 1.165) is 23.3 Å². The lowest BCUT2D eigenvalue weighted by molar-refractivity contribution is 0.0731. The van der Waals surface area contributed by atoms with Crippen LogP contribution in [0.15, 0.2) is 54.7 Å². The highest BCUT2D eigenvalue weighted by Crippen LogP contribution is 2.45. The van der Waals surface area contributed by atoms with E-state index >= 15 is 0 Å². The fourth-order valence-electron chi connectivity index (χ4n) is 5.31. The van der Waals surface area contributed by atoms with E-state index in [-0.39, 0.29) is 22.5 Å². The van der Waals surface area contributed by atoms with Crippen LogP contribution >= 0.6 is 11.6 Å². The highest BCUT2D eigenvalue weighted by atomic mass is 35.5. The summed E-state index contributed by atoms with van der Waals surface area (Å²) >= 11 is 6.79. The van der Waals surface area contributed by atoms with Crippen molar-refractivity contribution in [1.29, 1.82) is 0 Å². The number of hydrogen-bond acceptors (Lipinski definition) is 7. The van der Waals surface area contributed by atoms with E-state index in [1.807, 2.05) is 47.5 Å². The molecule has 48 heavy (non-hydrogen) atoms. The maximum absolute atomic E-state index is 14.4. The summed E-state index contributed by atoms with van der Waals surface area (Å²) in [6.45, 7) is 16.1. The van der Waals surface area contributed by atoms with Crippen LogP contribution in [0.25, 0.3) is 5.65 Å². The quantitative estimate of drug-likeness (QED) is 0.122. The topological polar surface area (TPSA) is 83.8 Å². The van der Waals surface area contributed by atoms with Gasteiger partial charge >= 0.3 is 0 Å². The molecule has 0 aliphatic rings. The molecular formula is C37H50ClN3O6Si. The molecule has 1 atom stereocenters. The number of carbonyl (C=O) groups is 1. The van der Waals surface area contributed by atoms with Gasteiger partial charge in [0.05, 0.1) is 57.0 Å². The Labute approximate surface area is 291 Å². The smallest absolute Gasteiger partial charge is 0.255 e. The normalized spacial score (nSPS) is 12.7. The second kappa shape index (κ2) is 15.2. The van der Waals surface area contributed by atoms with Crippen LogP contribution in [-0.2, 0) is 11.0 Å². The molecular weight excluding hydrogens is 646 g/mol.